The maximum atomic E-state index is 12.0. The molecule has 4 nitrogen and oxygen atoms in total. The zero-order chi connectivity index (χ0) is 16.2. The predicted octanol–water partition coefficient (Wildman–Crippen LogP) is 2.90. The summed E-state index contributed by atoms with van der Waals surface area (Å²) in [4.78, 5) is 12.3. The van der Waals surface area contributed by atoms with Gasteiger partial charge >= 0.3 is 0 Å². The smallest absolute Gasteiger partial charge is 0.251 e. The van der Waals surface area contributed by atoms with E-state index in [9.17, 15) is 13.2 Å². The quantitative estimate of drug-likeness (QED) is 0.922. The van der Waals surface area contributed by atoms with Crippen molar-refractivity contribution in [2.24, 2.45) is 0 Å². The molecule has 0 radical (unpaired) electrons. The zero-order valence-electron chi connectivity index (χ0n) is 12.7. The molecular weight excluding hydrogens is 298 g/mol. The number of nitrogens with one attached hydrogen (secondary N) is 1. The molecule has 0 saturated heterocycles. The molecule has 1 N–H and O–H groups in total. The summed E-state index contributed by atoms with van der Waals surface area (Å²) in [5.74, 6) is -0.101. The number of carbonyl (C=O) groups is 1. The van der Waals surface area contributed by atoms with Crippen LogP contribution in [-0.4, -0.2) is 27.1 Å². The summed E-state index contributed by atoms with van der Waals surface area (Å²) in [7, 11) is -3.20. The van der Waals surface area contributed by atoms with E-state index >= 15 is 0 Å². The minimum Gasteiger partial charge on any atom is -0.352 e. The second-order valence-corrected chi connectivity index (χ2v) is 7.15. The Morgan fingerprint density at radius 1 is 1.05 bits per heavy atom. The van der Waals surface area contributed by atoms with Gasteiger partial charge in [0.05, 0.1) is 4.90 Å². The number of hydrogen-bond acceptors (Lipinski definition) is 3. The monoisotopic (exact) mass is 317 g/mol. The largest absolute Gasteiger partial charge is 0.352 e. The van der Waals surface area contributed by atoms with Gasteiger partial charge in [-0.25, -0.2) is 8.42 Å². The van der Waals surface area contributed by atoms with Crippen LogP contribution in [-0.2, 0) is 9.84 Å². The Balaban J connectivity index is 2.28. The van der Waals surface area contributed by atoms with E-state index < -0.39 is 9.84 Å². The first-order chi connectivity index (χ1) is 10.4. The number of carbonyl (C=O) groups excluding carboxylic acids is 1. The Hall–Kier alpha value is -2.14. The molecule has 0 fully saturated rings. The van der Waals surface area contributed by atoms with Gasteiger partial charge in [-0.2, -0.15) is 0 Å². The normalized spacial score (nSPS) is 11.2. The number of hydrogen-bond donors (Lipinski definition) is 1. The first kappa shape index (κ1) is 16.2. The van der Waals surface area contributed by atoms with Gasteiger partial charge in [0.2, 0.25) is 0 Å². The van der Waals surface area contributed by atoms with Crippen molar-refractivity contribution >= 4 is 15.7 Å². The first-order valence-electron chi connectivity index (χ1n) is 7.10. The number of benzene rings is 2. The van der Waals surface area contributed by atoms with Crippen LogP contribution in [0.5, 0.6) is 0 Å². The van der Waals surface area contributed by atoms with Crippen LogP contribution in [0.25, 0.3) is 11.1 Å². The lowest BCUT2D eigenvalue weighted by Gasteiger charge is -2.07. The minimum atomic E-state index is -3.20. The van der Waals surface area contributed by atoms with E-state index in [0.29, 0.717) is 12.1 Å². The van der Waals surface area contributed by atoms with E-state index in [1.54, 1.807) is 36.4 Å². The number of amides is 1. The van der Waals surface area contributed by atoms with Gasteiger partial charge < -0.3 is 5.32 Å². The van der Waals surface area contributed by atoms with Crippen molar-refractivity contribution < 1.29 is 13.2 Å². The lowest BCUT2D eigenvalue weighted by molar-refractivity contribution is 0.0953. The van der Waals surface area contributed by atoms with Crippen molar-refractivity contribution in [2.45, 2.75) is 18.2 Å². The molecule has 0 heterocycles. The summed E-state index contributed by atoms with van der Waals surface area (Å²) in [5, 5.41) is 2.84. The van der Waals surface area contributed by atoms with Gasteiger partial charge in [-0.05, 0) is 41.8 Å². The third-order valence-corrected chi connectivity index (χ3v) is 4.40. The van der Waals surface area contributed by atoms with Crippen LogP contribution in [0, 0.1) is 0 Å². The zero-order valence-corrected chi connectivity index (χ0v) is 13.5. The maximum Gasteiger partial charge on any atom is 0.251 e. The topological polar surface area (TPSA) is 63.2 Å². The average Bonchev–Trinajstić information content (AvgIpc) is 2.52. The van der Waals surface area contributed by atoms with Gasteiger partial charge in [-0.1, -0.05) is 31.2 Å². The highest BCUT2D eigenvalue weighted by Gasteiger charge is 2.09. The molecule has 0 bridgehead atoms. The molecule has 22 heavy (non-hydrogen) atoms. The van der Waals surface area contributed by atoms with Crippen molar-refractivity contribution in [3.63, 3.8) is 0 Å². The van der Waals surface area contributed by atoms with Crippen LogP contribution in [0.15, 0.2) is 53.4 Å². The molecule has 5 heteroatoms. The Morgan fingerprint density at radius 3 is 2.32 bits per heavy atom. The summed E-state index contributed by atoms with van der Waals surface area (Å²) >= 11 is 0. The molecule has 1 amide bonds. The molecule has 0 aromatic heterocycles. The highest BCUT2D eigenvalue weighted by atomic mass is 32.2. The number of sulfone groups is 1. The lowest BCUT2D eigenvalue weighted by atomic mass is 10.0. The van der Waals surface area contributed by atoms with Crippen molar-refractivity contribution in [3.8, 4) is 11.1 Å². The Bertz CT molecular complexity index is 765. The van der Waals surface area contributed by atoms with Gasteiger partial charge in [-0.3, -0.25) is 4.79 Å². The van der Waals surface area contributed by atoms with E-state index in [2.05, 4.69) is 5.32 Å². The molecule has 0 unspecified atom stereocenters. The third kappa shape index (κ3) is 3.95. The summed E-state index contributed by atoms with van der Waals surface area (Å²) in [6, 6.07) is 13.9. The van der Waals surface area contributed by atoms with E-state index in [-0.39, 0.29) is 10.8 Å². The van der Waals surface area contributed by atoms with Crippen molar-refractivity contribution in [3.05, 3.63) is 54.1 Å². The molecule has 2 rings (SSSR count). The van der Waals surface area contributed by atoms with E-state index in [4.69, 9.17) is 0 Å². The fourth-order valence-corrected chi connectivity index (χ4v) is 2.71. The summed E-state index contributed by atoms with van der Waals surface area (Å²) in [5.41, 5.74) is 2.35. The Labute approximate surface area is 131 Å². The molecule has 2 aromatic rings. The molecule has 0 saturated carbocycles. The molecule has 0 aliphatic carbocycles. The number of rotatable bonds is 5. The standard InChI is InChI=1S/C17H19NO3S/c1-3-11-18-17(19)15-6-4-5-14(12-15)13-7-9-16(10-8-13)22(2,20)21/h4-10,12H,3,11H2,1-2H3,(H,18,19). The molecule has 116 valence electrons. The van der Waals surface area contributed by atoms with Gasteiger partial charge in [-0.15, -0.1) is 0 Å². The Morgan fingerprint density at radius 2 is 1.73 bits per heavy atom. The molecule has 0 aliphatic heterocycles. The Kier molecular flexibility index (Phi) is 4.98. The summed E-state index contributed by atoms with van der Waals surface area (Å²) in [6.45, 7) is 2.64. The maximum absolute atomic E-state index is 12.0. The van der Waals surface area contributed by atoms with Gasteiger partial charge in [0, 0.05) is 18.4 Å². The fourth-order valence-electron chi connectivity index (χ4n) is 2.08. The second-order valence-electron chi connectivity index (χ2n) is 5.13. The predicted molar refractivity (Wildman–Crippen MR) is 87.6 cm³/mol. The van der Waals surface area contributed by atoms with E-state index in [0.717, 1.165) is 17.5 Å². The highest BCUT2D eigenvalue weighted by Crippen LogP contribution is 2.22. The third-order valence-electron chi connectivity index (χ3n) is 3.28. The molecule has 0 atom stereocenters. The van der Waals surface area contributed by atoms with Gasteiger partial charge in [0.1, 0.15) is 0 Å². The van der Waals surface area contributed by atoms with Crippen LogP contribution in [0.1, 0.15) is 23.7 Å². The van der Waals surface area contributed by atoms with Crippen molar-refractivity contribution in [1.82, 2.24) is 5.32 Å². The van der Waals surface area contributed by atoms with Crippen LogP contribution in [0.4, 0.5) is 0 Å². The molecule has 0 spiro atoms. The average molecular weight is 317 g/mol. The van der Waals surface area contributed by atoms with Crippen LogP contribution in [0.2, 0.25) is 0 Å². The SMILES string of the molecule is CCCNC(=O)c1cccc(-c2ccc(S(C)(=O)=O)cc2)c1. The second kappa shape index (κ2) is 6.75. The highest BCUT2D eigenvalue weighted by molar-refractivity contribution is 7.90. The van der Waals surface area contributed by atoms with E-state index in [1.165, 1.54) is 6.26 Å². The van der Waals surface area contributed by atoms with Crippen LogP contribution >= 0.6 is 0 Å². The lowest BCUT2D eigenvalue weighted by Crippen LogP contribution is -2.23. The van der Waals surface area contributed by atoms with Crippen LogP contribution < -0.4 is 5.32 Å². The minimum absolute atomic E-state index is 0.101. The summed E-state index contributed by atoms with van der Waals surface area (Å²) in [6.07, 6.45) is 2.07. The van der Waals surface area contributed by atoms with E-state index in [1.807, 2.05) is 19.1 Å². The van der Waals surface area contributed by atoms with Crippen molar-refractivity contribution in [1.29, 1.82) is 0 Å². The molecule has 0 aliphatic rings. The molecular formula is C17H19NO3S. The van der Waals surface area contributed by atoms with Gasteiger partial charge in [0.15, 0.2) is 9.84 Å². The fraction of sp³-hybridized carbons (Fsp3) is 0.235. The van der Waals surface area contributed by atoms with Crippen LogP contribution in [0.3, 0.4) is 0 Å². The van der Waals surface area contributed by atoms with Crippen molar-refractivity contribution in [2.75, 3.05) is 12.8 Å². The summed E-state index contributed by atoms with van der Waals surface area (Å²) < 4.78 is 22.9. The molecule has 2 aromatic carbocycles. The van der Waals surface area contributed by atoms with Gasteiger partial charge in [0.25, 0.3) is 5.91 Å². The first-order valence-corrected chi connectivity index (χ1v) is 8.99.